The van der Waals surface area contributed by atoms with Gasteiger partial charge in [-0.3, -0.25) is 14.9 Å². The van der Waals surface area contributed by atoms with Crippen LogP contribution in [0.15, 0.2) is 12.1 Å². The highest BCUT2D eigenvalue weighted by molar-refractivity contribution is 7.17. The van der Waals surface area contributed by atoms with E-state index in [0.717, 1.165) is 37.0 Å². The van der Waals surface area contributed by atoms with E-state index in [0.29, 0.717) is 38.5 Å². The molecule has 2 aromatic rings. The summed E-state index contributed by atoms with van der Waals surface area (Å²) in [6, 6.07) is 3.34. The molecule has 9 heteroatoms. The number of carbonyl (C=O) groups is 2. The SMILES string of the molecule is COc1cc(C(=O)Nc2nc(C)c(C(=O)NC3CCCCC3)s2)cc(OC)c1OC. The predicted molar refractivity (Wildman–Crippen MR) is 115 cm³/mol. The number of anilines is 1. The Balaban J connectivity index is 1.74. The van der Waals surface area contributed by atoms with E-state index < -0.39 is 0 Å². The second-order valence-corrected chi connectivity index (χ2v) is 8.11. The van der Waals surface area contributed by atoms with Crippen LogP contribution in [0.25, 0.3) is 0 Å². The maximum atomic E-state index is 12.8. The summed E-state index contributed by atoms with van der Waals surface area (Å²) < 4.78 is 15.9. The van der Waals surface area contributed by atoms with Gasteiger partial charge in [0.1, 0.15) is 4.88 Å². The van der Waals surface area contributed by atoms with Crippen LogP contribution in [-0.4, -0.2) is 44.2 Å². The first kappa shape index (κ1) is 21.9. The minimum absolute atomic E-state index is 0.134. The lowest BCUT2D eigenvalue weighted by atomic mass is 9.95. The van der Waals surface area contributed by atoms with Gasteiger partial charge in [0.05, 0.1) is 27.0 Å². The number of methoxy groups -OCH3 is 3. The topological polar surface area (TPSA) is 98.8 Å². The Hall–Kier alpha value is -2.81. The number of amides is 2. The van der Waals surface area contributed by atoms with Gasteiger partial charge in [-0.1, -0.05) is 30.6 Å². The monoisotopic (exact) mass is 433 g/mol. The minimum atomic E-state index is -0.387. The molecule has 1 aromatic carbocycles. The van der Waals surface area contributed by atoms with Crippen LogP contribution in [0.1, 0.15) is 57.8 Å². The van der Waals surface area contributed by atoms with Crippen LogP contribution in [0.4, 0.5) is 5.13 Å². The van der Waals surface area contributed by atoms with Crippen LogP contribution in [-0.2, 0) is 0 Å². The molecular weight excluding hydrogens is 406 g/mol. The molecule has 1 fully saturated rings. The maximum absolute atomic E-state index is 12.8. The van der Waals surface area contributed by atoms with Crippen LogP contribution in [0, 0.1) is 6.92 Å². The Morgan fingerprint density at radius 2 is 1.63 bits per heavy atom. The Morgan fingerprint density at radius 3 is 2.20 bits per heavy atom. The molecule has 1 aliphatic carbocycles. The number of nitrogens with one attached hydrogen (secondary N) is 2. The Morgan fingerprint density at radius 1 is 1.00 bits per heavy atom. The predicted octanol–water partition coefficient (Wildman–Crippen LogP) is 3.79. The smallest absolute Gasteiger partial charge is 0.263 e. The zero-order valence-electron chi connectivity index (χ0n) is 17.7. The highest BCUT2D eigenvalue weighted by atomic mass is 32.1. The molecule has 1 aliphatic rings. The zero-order chi connectivity index (χ0) is 21.7. The Bertz CT molecular complexity index is 896. The van der Waals surface area contributed by atoms with Gasteiger partial charge in [0, 0.05) is 11.6 Å². The fraction of sp³-hybridized carbons (Fsp3) is 0.476. The highest BCUT2D eigenvalue weighted by Gasteiger charge is 2.22. The molecule has 0 saturated heterocycles. The molecule has 0 unspecified atom stereocenters. The first-order valence-electron chi connectivity index (χ1n) is 9.86. The molecule has 3 rings (SSSR count). The molecule has 2 N–H and O–H groups in total. The molecule has 0 aliphatic heterocycles. The van der Waals surface area contributed by atoms with Crippen molar-refractivity contribution in [1.82, 2.24) is 10.3 Å². The number of carbonyl (C=O) groups excluding carboxylic acids is 2. The summed E-state index contributed by atoms with van der Waals surface area (Å²) >= 11 is 1.16. The zero-order valence-corrected chi connectivity index (χ0v) is 18.5. The molecule has 0 spiro atoms. The number of benzene rings is 1. The van der Waals surface area contributed by atoms with Crippen molar-refractivity contribution in [2.45, 2.75) is 45.1 Å². The number of nitrogens with zero attached hydrogens (tertiary/aromatic N) is 1. The average molecular weight is 434 g/mol. The van der Waals surface area contributed by atoms with Gasteiger partial charge in [-0.15, -0.1) is 0 Å². The molecule has 0 atom stereocenters. The number of ether oxygens (including phenoxy) is 3. The quantitative estimate of drug-likeness (QED) is 0.689. The molecule has 1 aromatic heterocycles. The van der Waals surface area contributed by atoms with Gasteiger partial charge in [0.25, 0.3) is 11.8 Å². The van der Waals surface area contributed by atoms with E-state index in [1.54, 1.807) is 19.1 Å². The fourth-order valence-corrected chi connectivity index (χ4v) is 4.40. The fourth-order valence-electron chi connectivity index (χ4n) is 3.54. The summed E-state index contributed by atoms with van der Waals surface area (Å²) in [6.45, 7) is 1.77. The van der Waals surface area contributed by atoms with Gasteiger partial charge in [-0.05, 0) is 31.9 Å². The average Bonchev–Trinajstić information content (AvgIpc) is 3.13. The van der Waals surface area contributed by atoms with Crippen LogP contribution in [0.2, 0.25) is 0 Å². The highest BCUT2D eigenvalue weighted by Crippen LogP contribution is 2.38. The van der Waals surface area contributed by atoms with Crippen LogP contribution in [0.5, 0.6) is 17.2 Å². The van der Waals surface area contributed by atoms with Gasteiger partial charge in [0.15, 0.2) is 16.6 Å². The second-order valence-electron chi connectivity index (χ2n) is 7.11. The van der Waals surface area contributed by atoms with E-state index in [1.807, 2.05) is 0 Å². The van der Waals surface area contributed by atoms with E-state index in [9.17, 15) is 9.59 Å². The largest absolute Gasteiger partial charge is 0.493 e. The first-order valence-corrected chi connectivity index (χ1v) is 10.7. The van der Waals surface area contributed by atoms with Crippen molar-refractivity contribution in [2.75, 3.05) is 26.6 Å². The van der Waals surface area contributed by atoms with Crippen molar-refractivity contribution >= 4 is 28.3 Å². The van der Waals surface area contributed by atoms with Crippen molar-refractivity contribution < 1.29 is 23.8 Å². The third kappa shape index (κ3) is 4.84. The van der Waals surface area contributed by atoms with E-state index in [2.05, 4.69) is 15.6 Å². The number of rotatable bonds is 7. The molecule has 1 heterocycles. The van der Waals surface area contributed by atoms with Crippen molar-refractivity contribution in [1.29, 1.82) is 0 Å². The summed E-state index contributed by atoms with van der Waals surface area (Å²) in [6.07, 6.45) is 5.52. The summed E-state index contributed by atoms with van der Waals surface area (Å²) in [5.74, 6) is 0.644. The summed E-state index contributed by atoms with van der Waals surface area (Å²) in [4.78, 5) is 30.3. The summed E-state index contributed by atoms with van der Waals surface area (Å²) in [5, 5.41) is 6.20. The van der Waals surface area contributed by atoms with Crippen LogP contribution in [0.3, 0.4) is 0 Å². The van der Waals surface area contributed by atoms with Gasteiger partial charge in [0.2, 0.25) is 5.75 Å². The Labute approximate surface area is 179 Å². The van der Waals surface area contributed by atoms with Crippen molar-refractivity contribution in [3.63, 3.8) is 0 Å². The third-order valence-electron chi connectivity index (χ3n) is 5.09. The van der Waals surface area contributed by atoms with E-state index >= 15 is 0 Å². The van der Waals surface area contributed by atoms with Crippen LogP contribution >= 0.6 is 11.3 Å². The van der Waals surface area contributed by atoms with Crippen LogP contribution < -0.4 is 24.8 Å². The molecule has 1 saturated carbocycles. The minimum Gasteiger partial charge on any atom is -0.493 e. The second kappa shape index (κ2) is 9.80. The van der Waals surface area contributed by atoms with Gasteiger partial charge in [-0.25, -0.2) is 4.98 Å². The molecule has 0 radical (unpaired) electrons. The summed E-state index contributed by atoms with van der Waals surface area (Å²) in [5.41, 5.74) is 0.916. The lowest BCUT2D eigenvalue weighted by Crippen LogP contribution is -2.36. The van der Waals surface area contributed by atoms with Crippen molar-refractivity contribution in [2.24, 2.45) is 0 Å². The van der Waals surface area contributed by atoms with E-state index in [4.69, 9.17) is 14.2 Å². The van der Waals surface area contributed by atoms with Gasteiger partial charge >= 0.3 is 0 Å². The molecule has 2 amide bonds. The van der Waals surface area contributed by atoms with Gasteiger partial charge in [-0.2, -0.15) is 0 Å². The molecule has 0 bridgehead atoms. The molecule has 162 valence electrons. The van der Waals surface area contributed by atoms with E-state index in [-0.39, 0.29) is 17.9 Å². The number of aryl methyl sites for hydroxylation is 1. The number of thiazole rings is 1. The normalized spacial score (nSPS) is 14.1. The maximum Gasteiger partial charge on any atom is 0.263 e. The van der Waals surface area contributed by atoms with Crippen molar-refractivity contribution in [3.05, 3.63) is 28.3 Å². The lowest BCUT2D eigenvalue weighted by Gasteiger charge is -2.22. The molecule has 8 nitrogen and oxygen atoms in total. The molecule has 30 heavy (non-hydrogen) atoms. The first-order chi connectivity index (χ1) is 14.5. The van der Waals surface area contributed by atoms with Gasteiger partial charge < -0.3 is 19.5 Å². The number of aromatic nitrogens is 1. The molecular formula is C21H27N3O5S. The van der Waals surface area contributed by atoms with E-state index in [1.165, 1.54) is 27.8 Å². The third-order valence-corrected chi connectivity index (χ3v) is 6.16. The Kier molecular flexibility index (Phi) is 7.15. The lowest BCUT2D eigenvalue weighted by molar-refractivity contribution is 0.0930. The summed E-state index contributed by atoms with van der Waals surface area (Å²) in [7, 11) is 4.47. The standard InChI is InChI=1S/C21H27N3O5S/c1-12-18(20(26)23-14-8-6-5-7-9-14)30-21(22-12)24-19(25)13-10-15(27-2)17(29-4)16(11-13)28-3/h10-11,14H,5-9H2,1-4H3,(H,23,26)(H,22,24,25). The number of hydrogen-bond donors (Lipinski definition) is 2. The van der Waals surface area contributed by atoms with Crippen molar-refractivity contribution in [3.8, 4) is 17.2 Å². The number of hydrogen-bond acceptors (Lipinski definition) is 7.